The van der Waals surface area contributed by atoms with E-state index in [0.29, 0.717) is 61.3 Å². The molecule has 186 valence electrons. The van der Waals surface area contributed by atoms with Crippen LogP contribution in [-0.4, -0.2) is 42.0 Å². The van der Waals surface area contributed by atoms with Crippen molar-refractivity contribution in [2.24, 2.45) is 0 Å². The summed E-state index contributed by atoms with van der Waals surface area (Å²) in [5, 5.41) is 6.93. The number of nitrogens with zero attached hydrogens (tertiary/aromatic N) is 4. The summed E-state index contributed by atoms with van der Waals surface area (Å²) in [4.78, 5) is 18.6. The summed E-state index contributed by atoms with van der Waals surface area (Å²) in [5.74, 6) is -3.24. The summed E-state index contributed by atoms with van der Waals surface area (Å²) in [6.07, 6.45) is 5.98. The van der Waals surface area contributed by atoms with Crippen molar-refractivity contribution in [3.05, 3.63) is 65.4 Å². The minimum atomic E-state index is -3.53. The van der Waals surface area contributed by atoms with Crippen molar-refractivity contribution in [3.8, 4) is 5.69 Å². The fourth-order valence-corrected chi connectivity index (χ4v) is 4.77. The van der Waals surface area contributed by atoms with E-state index in [4.69, 9.17) is 0 Å². The third kappa shape index (κ3) is 5.02. The molecule has 0 fully saturated rings. The number of carbonyl (C=O) groups excluding carboxylic acids is 1. The van der Waals surface area contributed by atoms with Gasteiger partial charge in [0, 0.05) is 31.1 Å². The van der Waals surface area contributed by atoms with E-state index in [9.17, 15) is 26.4 Å². The van der Waals surface area contributed by atoms with Crippen LogP contribution in [0.2, 0.25) is 0 Å². The highest BCUT2D eigenvalue weighted by Gasteiger charge is 2.30. The van der Waals surface area contributed by atoms with E-state index in [-0.39, 0.29) is 5.03 Å². The molecule has 0 aliphatic carbocycles. The summed E-state index contributed by atoms with van der Waals surface area (Å²) in [7, 11) is -3.53. The van der Waals surface area contributed by atoms with E-state index < -0.39 is 45.0 Å². The number of nitrogens with one attached hydrogen (secondary N) is 1. The number of carbonyl (C=O) groups is 1. The second-order valence-electron chi connectivity index (χ2n) is 8.35. The van der Waals surface area contributed by atoms with Crippen molar-refractivity contribution in [1.82, 2.24) is 20.1 Å². The number of amides is 2. The molecule has 0 saturated carbocycles. The molecule has 4 rings (SSSR count). The quantitative estimate of drug-likeness (QED) is 0.542. The number of rotatable bonds is 6. The van der Waals surface area contributed by atoms with E-state index in [1.165, 1.54) is 23.4 Å². The number of benzene rings is 1. The number of pyridine rings is 1. The smallest absolute Gasteiger partial charge is 0.322 e. The van der Waals surface area contributed by atoms with E-state index in [0.717, 1.165) is 10.9 Å². The first-order valence-electron chi connectivity index (χ1n) is 11.1. The van der Waals surface area contributed by atoms with Crippen LogP contribution >= 0.6 is 0 Å². The summed E-state index contributed by atoms with van der Waals surface area (Å²) < 4.78 is 67.0. The zero-order valence-corrected chi connectivity index (χ0v) is 19.9. The fraction of sp³-hybridized carbons (Fsp3) is 0.348. The van der Waals surface area contributed by atoms with Gasteiger partial charge in [-0.2, -0.15) is 5.10 Å². The molecule has 1 aromatic carbocycles. The summed E-state index contributed by atoms with van der Waals surface area (Å²) >= 11 is 0. The van der Waals surface area contributed by atoms with Crippen LogP contribution in [0, 0.1) is 17.5 Å². The predicted octanol–water partition coefficient (Wildman–Crippen LogP) is 4.09. The van der Waals surface area contributed by atoms with Crippen LogP contribution in [0.3, 0.4) is 0 Å². The Hall–Kier alpha value is -3.41. The Bertz CT molecular complexity index is 1350. The Morgan fingerprint density at radius 3 is 2.57 bits per heavy atom. The van der Waals surface area contributed by atoms with Crippen LogP contribution in [0.25, 0.3) is 5.69 Å². The summed E-state index contributed by atoms with van der Waals surface area (Å²) in [6, 6.07) is 3.30. The van der Waals surface area contributed by atoms with E-state index in [1.807, 2.05) is 6.92 Å². The second-order valence-corrected chi connectivity index (χ2v) is 10.3. The van der Waals surface area contributed by atoms with E-state index >= 15 is 0 Å². The van der Waals surface area contributed by atoms with Crippen molar-refractivity contribution >= 4 is 21.6 Å². The van der Waals surface area contributed by atoms with Crippen molar-refractivity contribution in [3.63, 3.8) is 0 Å². The number of hydrogen-bond donors (Lipinski definition) is 1. The molecule has 2 aromatic heterocycles. The normalized spacial score (nSPS) is 14.5. The van der Waals surface area contributed by atoms with Gasteiger partial charge in [0.1, 0.15) is 11.5 Å². The van der Waals surface area contributed by atoms with E-state index in [2.05, 4.69) is 15.4 Å². The molecule has 0 radical (unpaired) electrons. The Balaban J connectivity index is 1.64. The van der Waals surface area contributed by atoms with Gasteiger partial charge in [0.2, 0.25) is 0 Å². The molecule has 1 unspecified atom stereocenters. The molecule has 0 bridgehead atoms. The Labute approximate surface area is 200 Å². The molecule has 1 atom stereocenters. The summed E-state index contributed by atoms with van der Waals surface area (Å²) in [5.41, 5.74) is 0.896. The number of urea groups is 1. The Kier molecular flexibility index (Phi) is 6.84. The van der Waals surface area contributed by atoms with Crippen molar-refractivity contribution in [2.75, 3.05) is 17.7 Å². The highest BCUT2D eigenvalue weighted by Crippen LogP contribution is 2.31. The number of fused-ring (bicyclic) bond motifs is 1. The average Bonchev–Trinajstić information content (AvgIpc) is 3.21. The molecule has 1 aliphatic heterocycles. The third-order valence-corrected chi connectivity index (χ3v) is 6.77. The fourth-order valence-electron chi connectivity index (χ4n) is 4.17. The molecule has 8 nitrogen and oxygen atoms in total. The van der Waals surface area contributed by atoms with Gasteiger partial charge in [-0.25, -0.2) is 36.0 Å². The SMILES string of the molecule is CCCC(NC(=O)N1CCCc2c1cnn2-c1c(F)cc(F)cc1F)c1ccnc(S(C)(=O)=O)c1. The Morgan fingerprint density at radius 1 is 1.20 bits per heavy atom. The first-order chi connectivity index (χ1) is 16.6. The van der Waals surface area contributed by atoms with Gasteiger partial charge in [-0.05, 0) is 37.0 Å². The maximum absolute atomic E-state index is 14.4. The van der Waals surface area contributed by atoms with Crippen LogP contribution in [0.4, 0.5) is 23.7 Å². The number of anilines is 1. The number of sulfone groups is 1. The lowest BCUT2D eigenvalue weighted by Gasteiger charge is -2.30. The molecule has 12 heteroatoms. The largest absolute Gasteiger partial charge is 0.331 e. The number of aromatic nitrogens is 3. The zero-order chi connectivity index (χ0) is 25.3. The Morgan fingerprint density at radius 2 is 1.91 bits per heavy atom. The lowest BCUT2D eigenvalue weighted by atomic mass is 10.0. The van der Waals surface area contributed by atoms with Crippen molar-refractivity contribution in [2.45, 2.75) is 43.7 Å². The van der Waals surface area contributed by atoms with Crippen molar-refractivity contribution in [1.29, 1.82) is 0 Å². The van der Waals surface area contributed by atoms with Gasteiger partial charge in [-0.15, -0.1) is 0 Å². The first kappa shape index (κ1) is 24.7. The van der Waals surface area contributed by atoms with Crippen LogP contribution in [0.1, 0.15) is 43.5 Å². The van der Waals surface area contributed by atoms with Crippen molar-refractivity contribution < 1.29 is 26.4 Å². The first-order valence-corrected chi connectivity index (χ1v) is 12.9. The van der Waals surface area contributed by atoms with Crippen LogP contribution < -0.4 is 10.2 Å². The molecule has 35 heavy (non-hydrogen) atoms. The molecular formula is C23H24F3N5O3S. The van der Waals surface area contributed by atoms with Crippen LogP contribution in [0.5, 0.6) is 0 Å². The monoisotopic (exact) mass is 507 g/mol. The van der Waals surface area contributed by atoms with Gasteiger partial charge < -0.3 is 5.32 Å². The second kappa shape index (κ2) is 9.68. The van der Waals surface area contributed by atoms with Gasteiger partial charge in [-0.1, -0.05) is 13.3 Å². The van der Waals surface area contributed by atoms with Gasteiger partial charge in [0.25, 0.3) is 0 Å². The predicted molar refractivity (Wildman–Crippen MR) is 123 cm³/mol. The van der Waals surface area contributed by atoms with Gasteiger partial charge in [-0.3, -0.25) is 4.90 Å². The van der Waals surface area contributed by atoms with E-state index in [1.54, 1.807) is 6.07 Å². The molecule has 0 spiro atoms. The lowest BCUT2D eigenvalue weighted by Crippen LogP contribution is -2.44. The standard InChI is InChI=1S/C23H24F3N5O3S/c1-3-5-18(14-7-8-27-21(10-14)35(2,33)34)29-23(32)30-9-4-6-19-20(30)13-28-31(19)22-16(25)11-15(24)12-17(22)26/h7-8,10-13,18H,3-6,9H2,1-2H3,(H,29,32). The molecule has 3 aromatic rings. The zero-order valence-electron chi connectivity index (χ0n) is 19.1. The highest BCUT2D eigenvalue weighted by molar-refractivity contribution is 7.90. The molecule has 3 heterocycles. The highest BCUT2D eigenvalue weighted by atomic mass is 32.2. The lowest BCUT2D eigenvalue weighted by molar-refractivity contribution is 0.241. The average molecular weight is 508 g/mol. The minimum absolute atomic E-state index is 0.0877. The minimum Gasteiger partial charge on any atom is -0.331 e. The molecule has 0 saturated heterocycles. The molecule has 1 N–H and O–H groups in total. The topological polar surface area (TPSA) is 97.2 Å². The maximum Gasteiger partial charge on any atom is 0.322 e. The van der Waals surface area contributed by atoms with Gasteiger partial charge >= 0.3 is 6.03 Å². The third-order valence-electron chi connectivity index (χ3n) is 5.79. The molecular weight excluding hydrogens is 483 g/mol. The number of halogens is 3. The molecule has 2 amide bonds. The maximum atomic E-state index is 14.4. The summed E-state index contributed by atoms with van der Waals surface area (Å²) in [6.45, 7) is 2.29. The van der Waals surface area contributed by atoms with Crippen LogP contribution in [-0.2, 0) is 16.3 Å². The molecule has 1 aliphatic rings. The van der Waals surface area contributed by atoms with Crippen LogP contribution in [0.15, 0.2) is 41.7 Å². The van der Waals surface area contributed by atoms with Gasteiger partial charge in [0.05, 0.1) is 23.6 Å². The number of hydrogen-bond acceptors (Lipinski definition) is 5. The van der Waals surface area contributed by atoms with Gasteiger partial charge in [0.15, 0.2) is 26.5 Å².